The van der Waals surface area contributed by atoms with Crippen molar-refractivity contribution in [2.75, 3.05) is 0 Å². The van der Waals surface area contributed by atoms with Crippen LogP contribution in [-0.2, 0) is 6.54 Å². The van der Waals surface area contributed by atoms with Crippen molar-refractivity contribution in [3.8, 4) is 0 Å². The lowest BCUT2D eigenvalue weighted by molar-refractivity contribution is 0.285. The summed E-state index contributed by atoms with van der Waals surface area (Å²) in [6.07, 6.45) is 6.62. The van der Waals surface area contributed by atoms with Crippen LogP contribution in [0, 0.1) is 18.7 Å². The van der Waals surface area contributed by atoms with Crippen molar-refractivity contribution < 1.29 is 4.39 Å². The van der Waals surface area contributed by atoms with Crippen LogP contribution in [0.5, 0.6) is 0 Å². The summed E-state index contributed by atoms with van der Waals surface area (Å²) in [6, 6.07) is 5.72. The Labute approximate surface area is 110 Å². The zero-order chi connectivity index (χ0) is 13.0. The molecule has 1 aliphatic rings. The highest BCUT2D eigenvalue weighted by Gasteiger charge is 2.19. The topological polar surface area (TPSA) is 12.0 Å². The lowest BCUT2D eigenvalue weighted by atomic mass is 9.84. The molecule has 18 heavy (non-hydrogen) atoms. The first-order chi connectivity index (χ1) is 8.69. The lowest BCUT2D eigenvalue weighted by Crippen LogP contribution is -2.32. The summed E-state index contributed by atoms with van der Waals surface area (Å²) in [5, 5.41) is 3.62. The molecule has 100 valence electrons. The van der Waals surface area contributed by atoms with Crippen molar-refractivity contribution in [1.29, 1.82) is 0 Å². The minimum Gasteiger partial charge on any atom is -0.310 e. The quantitative estimate of drug-likeness (QED) is 0.843. The Hall–Kier alpha value is -0.890. The number of halogens is 1. The van der Waals surface area contributed by atoms with Gasteiger partial charge >= 0.3 is 0 Å². The average molecular weight is 249 g/mol. The molecule has 1 saturated carbocycles. The molecule has 0 saturated heterocycles. The average Bonchev–Trinajstić information content (AvgIpc) is 2.38. The Morgan fingerprint density at radius 1 is 1.22 bits per heavy atom. The summed E-state index contributed by atoms with van der Waals surface area (Å²) in [7, 11) is 0. The van der Waals surface area contributed by atoms with Crippen molar-refractivity contribution in [3.05, 3.63) is 35.1 Å². The highest BCUT2D eigenvalue weighted by Crippen LogP contribution is 2.26. The van der Waals surface area contributed by atoms with Crippen molar-refractivity contribution in [2.24, 2.45) is 5.92 Å². The highest BCUT2D eigenvalue weighted by atomic mass is 19.1. The van der Waals surface area contributed by atoms with Crippen LogP contribution in [0.3, 0.4) is 0 Å². The molecule has 1 aromatic rings. The van der Waals surface area contributed by atoms with Gasteiger partial charge < -0.3 is 5.32 Å². The van der Waals surface area contributed by atoms with Crippen LogP contribution in [0.4, 0.5) is 4.39 Å². The predicted octanol–water partition coefficient (Wildman–Crippen LogP) is 4.19. The smallest absolute Gasteiger partial charge is 0.123 e. The maximum Gasteiger partial charge on any atom is 0.123 e. The maximum absolute atomic E-state index is 13.0. The molecule has 2 rings (SSSR count). The molecule has 1 aromatic carbocycles. The van der Waals surface area contributed by atoms with E-state index < -0.39 is 0 Å². The van der Waals surface area contributed by atoms with Gasteiger partial charge in [-0.3, -0.25) is 0 Å². The molecule has 0 bridgehead atoms. The molecule has 0 aromatic heterocycles. The maximum atomic E-state index is 13.0. The summed E-state index contributed by atoms with van der Waals surface area (Å²) in [4.78, 5) is 0. The molecule has 1 nitrogen and oxygen atoms in total. The summed E-state index contributed by atoms with van der Waals surface area (Å²) < 4.78 is 13.0. The summed E-state index contributed by atoms with van der Waals surface area (Å²) >= 11 is 0. The second-order valence-corrected chi connectivity index (χ2v) is 5.58. The Kier molecular flexibility index (Phi) is 4.76. The summed E-state index contributed by atoms with van der Waals surface area (Å²) in [6.45, 7) is 5.14. The van der Waals surface area contributed by atoms with Gasteiger partial charge in [0.05, 0.1) is 0 Å². The zero-order valence-electron chi connectivity index (χ0n) is 11.5. The van der Waals surface area contributed by atoms with Crippen molar-refractivity contribution in [1.82, 2.24) is 5.32 Å². The summed E-state index contributed by atoms with van der Waals surface area (Å²) in [5.74, 6) is 0.801. The third kappa shape index (κ3) is 3.55. The van der Waals surface area contributed by atoms with Crippen molar-refractivity contribution in [2.45, 2.75) is 58.5 Å². The number of nitrogens with one attached hydrogen (secondary N) is 1. The zero-order valence-corrected chi connectivity index (χ0v) is 11.5. The fraction of sp³-hybridized carbons (Fsp3) is 0.625. The number of hydrogen-bond donors (Lipinski definition) is 1. The monoisotopic (exact) mass is 249 g/mol. The van der Waals surface area contributed by atoms with Crippen LogP contribution in [0.2, 0.25) is 0 Å². The van der Waals surface area contributed by atoms with Gasteiger partial charge in [0, 0.05) is 12.6 Å². The van der Waals surface area contributed by atoms with E-state index in [0.717, 1.165) is 18.0 Å². The Bertz CT molecular complexity index is 381. The number of rotatable bonds is 4. The van der Waals surface area contributed by atoms with Gasteiger partial charge in [-0.1, -0.05) is 19.4 Å². The third-order valence-corrected chi connectivity index (χ3v) is 4.31. The summed E-state index contributed by atoms with van der Waals surface area (Å²) in [5.41, 5.74) is 2.26. The van der Waals surface area contributed by atoms with Gasteiger partial charge in [0.1, 0.15) is 5.82 Å². The van der Waals surface area contributed by atoms with Crippen LogP contribution in [0.25, 0.3) is 0 Å². The predicted molar refractivity (Wildman–Crippen MR) is 74.0 cm³/mol. The largest absolute Gasteiger partial charge is 0.310 e. The van der Waals surface area contributed by atoms with Gasteiger partial charge in [-0.15, -0.1) is 0 Å². The second kappa shape index (κ2) is 6.33. The molecular weight excluding hydrogens is 225 g/mol. The Morgan fingerprint density at radius 2 is 1.94 bits per heavy atom. The van der Waals surface area contributed by atoms with Crippen LogP contribution in [0.15, 0.2) is 18.2 Å². The molecule has 0 aliphatic heterocycles. The van der Waals surface area contributed by atoms with Gasteiger partial charge in [0.25, 0.3) is 0 Å². The van der Waals surface area contributed by atoms with Gasteiger partial charge in [-0.25, -0.2) is 4.39 Å². The standard InChI is InChI=1S/C16H24FN/c1-3-13-4-8-16(9-5-13)18-11-14-6-7-15(17)10-12(14)2/h6-7,10,13,16,18H,3-5,8-9,11H2,1-2H3. The normalized spacial score (nSPS) is 24.2. The van der Waals surface area contributed by atoms with E-state index in [0.29, 0.717) is 6.04 Å². The molecule has 0 radical (unpaired) electrons. The van der Waals surface area contributed by atoms with Crippen molar-refractivity contribution >= 4 is 0 Å². The fourth-order valence-corrected chi connectivity index (χ4v) is 2.89. The van der Waals surface area contributed by atoms with Gasteiger partial charge in [0.2, 0.25) is 0 Å². The van der Waals surface area contributed by atoms with E-state index in [1.165, 1.54) is 37.7 Å². The van der Waals surface area contributed by atoms with Gasteiger partial charge in [-0.2, -0.15) is 0 Å². The van der Waals surface area contributed by atoms with E-state index in [-0.39, 0.29) is 5.82 Å². The molecule has 0 atom stereocenters. The van der Waals surface area contributed by atoms with Crippen LogP contribution in [-0.4, -0.2) is 6.04 Å². The third-order valence-electron chi connectivity index (χ3n) is 4.31. The molecule has 1 N–H and O–H groups in total. The van der Waals surface area contributed by atoms with Crippen LogP contribution in [0.1, 0.15) is 50.2 Å². The molecular formula is C16H24FN. The second-order valence-electron chi connectivity index (χ2n) is 5.58. The molecule has 0 heterocycles. The van der Waals surface area contributed by atoms with Gasteiger partial charge in [0.15, 0.2) is 0 Å². The first-order valence-corrected chi connectivity index (χ1v) is 7.17. The minimum absolute atomic E-state index is 0.139. The van der Waals surface area contributed by atoms with E-state index in [9.17, 15) is 4.39 Å². The van der Waals surface area contributed by atoms with E-state index in [2.05, 4.69) is 12.2 Å². The molecule has 2 heteroatoms. The van der Waals surface area contributed by atoms with Crippen LogP contribution >= 0.6 is 0 Å². The van der Waals surface area contributed by atoms with E-state index in [1.54, 1.807) is 12.1 Å². The lowest BCUT2D eigenvalue weighted by Gasteiger charge is -2.28. The number of hydrogen-bond acceptors (Lipinski definition) is 1. The highest BCUT2D eigenvalue weighted by molar-refractivity contribution is 5.26. The van der Waals surface area contributed by atoms with Crippen LogP contribution < -0.4 is 5.32 Å². The van der Waals surface area contributed by atoms with E-state index in [4.69, 9.17) is 0 Å². The number of benzene rings is 1. The molecule has 0 spiro atoms. The van der Waals surface area contributed by atoms with E-state index >= 15 is 0 Å². The molecule has 1 fully saturated rings. The number of aryl methyl sites for hydroxylation is 1. The molecule has 1 aliphatic carbocycles. The van der Waals surface area contributed by atoms with Crippen molar-refractivity contribution in [3.63, 3.8) is 0 Å². The first kappa shape index (κ1) is 13.5. The molecule has 0 amide bonds. The Morgan fingerprint density at radius 3 is 2.56 bits per heavy atom. The molecule has 0 unspecified atom stereocenters. The SMILES string of the molecule is CCC1CCC(NCc2ccc(F)cc2C)CC1. The van der Waals surface area contributed by atoms with Gasteiger partial charge in [-0.05, 0) is 61.8 Å². The van der Waals surface area contributed by atoms with E-state index in [1.807, 2.05) is 13.0 Å². The fourth-order valence-electron chi connectivity index (χ4n) is 2.89. The Balaban J connectivity index is 1.81. The first-order valence-electron chi connectivity index (χ1n) is 7.17. The minimum atomic E-state index is -0.139.